The van der Waals surface area contributed by atoms with Crippen LogP contribution in [0.4, 0.5) is 5.69 Å². The number of carbonyl (C=O) groups excluding carboxylic acids is 1. The van der Waals surface area contributed by atoms with E-state index in [9.17, 15) is 14.9 Å². The molecule has 25 heavy (non-hydrogen) atoms. The molecule has 0 bridgehead atoms. The second-order valence-electron chi connectivity index (χ2n) is 6.09. The van der Waals surface area contributed by atoms with Crippen molar-refractivity contribution in [1.29, 1.82) is 5.26 Å². The van der Waals surface area contributed by atoms with E-state index in [1.165, 1.54) is 12.1 Å². The van der Waals surface area contributed by atoms with Crippen LogP contribution in [-0.4, -0.2) is 21.8 Å². The summed E-state index contributed by atoms with van der Waals surface area (Å²) in [6, 6.07) is 13.5. The quantitative estimate of drug-likeness (QED) is 0.613. The molecule has 0 atom stereocenters. The van der Waals surface area contributed by atoms with E-state index in [0.717, 1.165) is 5.56 Å². The van der Waals surface area contributed by atoms with Crippen molar-refractivity contribution < 1.29 is 9.72 Å². The van der Waals surface area contributed by atoms with Gasteiger partial charge in [0.25, 0.3) is 11.6 Å². The van der Waals surface area contributed by atoms with Crippen molar-refractivity contribution in [1.82, 2.24) is 4.90 Å². The molecule has 0 saturated carbocycles. The first-order valence-corrected chi connectivity index (χ1v) is 7.88. The smallest absolute Gasteiger partial charge is 0.272 e. The molecule has 6 heteroatoms. The molecule has 0 N–H and O–H groups in total. The van der Waals surface area contributed by atoms with Gasteiger partial charge in [-0.1, -0.05) is 12.1 Å². The van der Waals surface area contributed by atoms with Gasteiger partial charge in [-0.05, 0) is 50.6 Å². The number of rotatable bonds is 5. The number of carbonyl (C=O) groups is 1. The van der Waals surface area contributed by atoms with Crippen molar-refractivity contribution in [3.8, 4) is 6.07 Å². The average molecular weight is 337 g/mol. The molecular formula is C19H19N3O3. The maximum absolute atomic E-state index is 12.9. The van der Waals surface area contributed by atoms with Crippen LogP contribution in [0.3, 0.4) is 0 Å². The van der Waals surface area contributed by atoms with Gasteiger partial charge in [-0.15, -0.1) is 0 Å². The highest BCUT2D eigenvalue weighted by atomic mass is 16.6. The van der Waals surface area contributed by atoms with Crippen LogP contribution in [0.1, 0.15) is 40.9 Å². The van der Waals surface area contributed by atoms with Crippen LogP contribution in [0.25, 0.3) is 0 Å². The lowest BCUT2D eigenvalue weighted by atomic mass is 10.1. The second kappa shape index (κ2) is 7.58. The first-order chi connectivity index (χ1) is 11.8. The van der Waals surface area contributed by atoms with Gasteiger partial charge in [0.05, 0.1) is 16.6 Å². The van der Waals surface area contributed by atoms with Gasteiger partial charge in [0.15, 0.2) is 0 Å². The largest absolute Gasteiger partial charge is 0.332 e. The standard InChI is InChI=1S/C19H19N3O3/c1-13(2)21(12-16-6-4-15(11-20)5-7-16)19(23)17-8-9-18(22(24)25)14(3)10-17/h4-10,13H,12H2,1-3H3. The van der Waals surface area contributed by atoms with Gasteiger partial charge >= 0.3 is 0 Å². The molecule has 0 saturated heterocycles. The lowest BCUT2D eigenvalue weighted by molar-refractivity contribution is -0.385. The summed E-state index contributed by atoms with van der Waals surface area (Å²) >= 11 is 0. The van der Waals surface area contributed by atoms with Crippen molar-refractivity contribution in [2.24, 2.45) is 0 Å². The minimum atomic E-state index is -0.458. The van der Waals surface area contributed by atoms with E-state index in [0.29, 0.717) is 23.2 Å². The molecule has 0 aliphatic heterocycles. The van der Waals surface area contributed by atoms with Crippen LogP contribution >= 0.6 is 0 Å². The third kappa shape index (κ3) is 4.21. The highest BCUT2D eigenvalue weighted by Gasteiger charge is 2.21. The van der Waals surface area contributed by atoms with Crippen LogP contribution < -0.4 is 0 Å². The third-order valence-electron chi connectivity index (χ3n) is 3.96. The minimum Gasteiger partial charge on any atom is -0.332 e. The summed E-state index contributed by atoms with van der Waals surface area (Å²) in [5, 5.41) is 19.8. The van der Waals surface area contributed by atoms with Crippen LogP contribution in [0, 0.1) is 28.4 Å². The summed E-state index contributed by atoms with van der Waals surface area (Å²) in [5.74, 6) is -0.183. The Morgan fingerprint density at radius 3 is 2.36 bits per heavy atom. The lowest BCUT2D eigenvalue weighted by Crippen LogP contribution is -2.36. The number of nitro benzene ring substituents is 1. The average Bonchev–Trinajstić information content (AvgIpc) is 2.58. The molecule has 6 nitrogen and oxygen atoms in total. The van der Waals surface area contributed by atoms with Crippen molar-refractivity contribution in [2.45, 2.75) is 33.4 Å². The number of aryl methyl sites for hydroxylation is 1. The molecule has 0 aliphatic carbocycles. The Labute approximate surface area is 146 Å². The predicted octanol–water partition coefficient (Wildman–Crippen LogP) is 3.83. The summed E-state index contributed by atoms with van der Waals surface area (Å²) in [7, 11) is 0. The van der Waals surface area contributed by atoms with E-state index in [-0.39, 0.29) is 17.6 Å². The summed E-state index contributed by atoms with van der Waals surface area (Å²) in [6.07, 6.45) is 0. The van der Waals surface area contributed by atoms with Gasteiger partial charge < -0.3 is 4.90 Å². The third-order valence-corrected chi connectivity index (χ3v) is 3.96. The molecule has 0 fully saturated rings. The van der Waals surface area contributed by atoms with Gasteiger partial charge in [-0.25, -0.2) is 0 Å². The summed E-state index contributed by atoms with van der Waals surface area (Å²) in [4.78, 5) is 25.0. The number of nitrogens with zero attached hydrogens (tertiary/aromatic N) is 3. The Bertz CT molecular complexity index is 836. The number of hydrogen-bond donors (Lipinski definition) is 0. The molecule has 0 spiro atoms. The molecule has 0 aliphatic rings. The van der Waals surface area contributed by atoms with Gasteiger partial charge in [-0.2, -0.15) is 5.26 Å². The summed E-state index contributed by atoms with van der Waals surface area (Å²) in [6.45, 7) is 5.85. The highest BCUT2D eigenvalue weighted by molar-refractivity contribution is 5.95. The number of benzene rings is 2. The van der Waals surface area contributed by atoms with Crippen molar-refractivity contribution in [2.75, 3.05) is 0 Å². The van der Waals surface area contributed by atoms with Crippen LogP contribution in [0.5, 0.6) is 0 Å². The van der Waals surface area contributed by atoms with Gasteiger partial charge in [-0.3, -0.25) is 14.9 Å². The number of nitro groups is 1. The van der Waals surface area contributed by atoms with Crippen molar-refractivity contribution >= 4 is 11.6 Å². The zero-order valence-corrected chi connectivity index (χ0v) is 14.4. The second-order valence-corrected chi connectivity index (χ2v) is 6.09. The Balaban J connectivity index is 2.27. The molecule has 2 rings (SSSR count). The Morgan fingerprint density at radius 1 is 1.24 bits per heavy atom. The number of hydrogen-bond acceptors (Lipinski definition) is 4. The first kappa shape index (κ1) is 18.1. The van der Waals surface area contributed by atoms with E-state index in [1.54, 1.807) is 30.0 Å². The van der Waals surface area contributed by atoms with Crippen molar-refractivity contribution in [3.05, 3.63) is 74.8 Å². The number of amides is 1. The predicted molar refractivity (Wildman–Crippen MR) is 94.0 cm³/mol. The zero-order chi connectivity index (χ0) is 18.6. The minimum absolute atomic E-state index is 0.000241. The molecule has 2 aromatic carbocycles. The van der Waals surface area contributed by atoms with E-state index in [4.69, 9.17) is 5.26 Å². The van der Waals surface area contributed by atoms with Gasteiger partial charge in [0.1, 0.15) is 0 Å². The fraction of sp³-hybridized carbons (Fsp3) is 0.263. The Morgan fingerprint density at radius 2 is 1.88 bits per heavy atom. The molecule has 2 aromatic rings. The Hall–Kier alpha value is -3.20. The first-order valence-electron chi connectivity index (χ1n) is 7.88. The van der Waals surface area contributed by atoms with Crippen LogP contribution in [-0.2, 0) is 6.54 Å². The molecular weight excluding hydrogens is 318 g/mol. The monoisotopic (exact) mass is 337 g/mol. The van der Waals surface area contributed by atoms with Crippen molar-refractivity contribution in [3.63, 3.8) is 0 Å². The molecule has 0 aromatic heterocycles. The molecule has 1 amide bonds. The Kier molecular flexibility index (Phi) is 5.50. The summed E-state index contributed by atoms with van der Waals surface area (Å²) in [5.41, 5.74) is 2.36. The van der Waals surface area contributed by atoms with Gasteiger partial charge in [0, 0.05) is 29.8 Å². The fourth-order valence-corrected chi connectivity index (χ4v) is 2.53. The van der Waals surface area contributed by atoms with E-state index in [2.05, 4.69) is 6.07 Å². The fourth-order valence-electron chi connectivity index (χ4n) is 2.53. The highest BCUT2D eigenvalue weighted by Crippen LogP contribution is 2.21. The van der Waals surface area contributed by atoms with E-state index in [1.807, 2.05) is 26.0 Å². The van der Waals surface area contributed by atoms with E-state index < -0.39 is 4.92 Å². The van der Waals surface area contributed by atoms with Crippen LogP contribution in [0.15, 0.2) is 42.5 Å². The molecule has 128 valence electrons. The van der Waals surface area contributed by atoms with Crippen LogP contribution in [0.2, 0.25) is 0 Å². The maximum Gasteiger partial charge on any atom is 0.272 e. The normalized spacial score (nSPS) is 10.4. The van der Waals surface area contributed by atoms with E-state index >= 15 is 0 Å². The SMILES string of the molecule is Cc1cc(C(=O)N(Cc2ccc(C#N)cc2)C(C)C)ccc1[N+](=O)[O-]. The summed E-state index contributed by atoms with van der Waals surface area (Å²) < 4.78 is 0. The van der Waals surface area contributed by atoms with Gasteiger partial charge in [0.2, 0.25) is 0 Å². The number of nitriles is 1. The zero-order valence-electron chi connectivity index (χ0n) is 14.4. The maximum atomic E-state index is 12.9. The molecule has 0 unspecified atom stereocenters. The lowest BCUT2D eigenvalue weighted by Gasteiger charge is -2.27. The molecule has 0 heterocycles. The molecule has 0 radical (unpaired) electrons. The topological polar surface area (TPSA) is 87.2 Å².